The van der Waals surface area contributed by atoms with Gasteiger partial charge in [-0.15, -0.1) is 0 Å². The number of urea groups is 1. The van der Waals surface area contributed by atoms with Gasteiger partial charge in [0.2, 0.25) is 11.8 Å². The lowest BCUT2D eigenvalue weighted by molar-refractivity contribution is -0.138. The zero-order valence-electron chi connectivity index (χ0n) is 24.4. The Balaban J connectivity index is 1.41. The molecule has 1 saturated heterocycles. The maximum Gasteiger partial charge on any atom is 0.323 e. The average molecular weight is 585 g/mol. The summed E-state index contributed by atoms with van der Waals surface area (Å²) < 4.78 is 21.0. The molecule has 0 spiro atoms. The number of hydrogen-bond acceptors (Lipinski definition) is 6. The van der Waals surface area contributed by atoms with E-state index in [1.54, 1.807) is 18.5 Å². The summed E-state index contributed by atoms with van der Waals surface area (Å²) in [5.41, 5.74) is 6.01. The molecule has 1 aromatic heterocycles. The number of methoxy groups -OCH3 is 1. The second kappa shape index (κ2) is 12.5. The smallest absolute Gasteiger partial charge is 0.323 e. The Bertz CT molecular complexity index is 1690. The fourth-order valence-electron chi connectivity index (χ4n) is 5.28. The van der Waals surface area contributed by atoms with E-state index < -0.39 is 23.8 Å². The number of nitrogens with zero attached hydrogens (tertiary/aromatic N) is 2. The van der Waals surface area contributed by atoms with Gasteiger partial charge in [-0.1, -0.05) is 30.3 Å². The van der Waals surface area contributed by atoms with E-state index in [1.165, 1.54) is 20.2 Å². The minimum Gasteiger partial charge on any atom is -0.496 e. The summed E-state index contributed by atoms with van der Waals surface area (Å²) >= 11 is 0. The lowest BCUT2D eigenvalue weighted by Crippen LogP contribution is -2.56. The first-order chi connectivity index (χ1) is 20.7. The van der Waals surface area contributed by atoms with Crippen LogP contribution in [0.2, 0.25) is 0 Å². The summed E-state index contributed by atoms with van der Waals surface area (Å²) in [6.45, 7) is 4.52. The quantitative estimate of drug-likeness (QED) is 0.214. The maximum atomic E-state index is 15.4. The third-order valence-electron chi connectivity index (χ3n) is 7.76. The minimum atomic E-state index is -1.02. The summed E-state index contributed by atoms with van der Waals surface area (Å²) in [5, 5.41) is 8.60. The Labute approximate surface area is 248 Å². The van der Waals surface area contributed by atoms with Crippen molar-refractivity contribution in [2.24, 2.45) is 5.92 Å². The third-order valence-corrected chi connectivity index (χ3v) is 7.76. The third kappa shape index (κ3) is 5.98. The van der Waals surface area contributed by atoms with E-state index in [2.05, 4.69) is 25.9 Å². The second-order valence-electron chi connectivity index (χ2n) is 10.4. The van der Waals surface area contributed by atoms with Gasteiger partial charge in [0.05, 0.1) is 13.7 Å². The first-order valence-electron chi connectivity index (χ1n) is 13.8. The molecular weight excluding hydrogens is 551 g/mol. The predicted molar refractivity (Wildman–Crippen MR) is 161 cm³/mol. The monoisotopic (exact) mass is 584 g/mol. The molecular formula is C32H33FN6O4. The van der Waals surface area contributed by atoms with E-state index in [1.807, 2.05) is 50.2 Å². The van der Waals surface area contributed by atoms with Crippen LogP contribution in [0.1, 0.15) is 22.5 Å². The number of anilines is 1. The van der Waals surface area contributed by atoms with Crippen LogP contribution in [-0.2, 0) is 22.7 Å². The first kappa shape index (κ1) is 29.5. The highest BCUT2D eigenvalue weighted by Gasteiger charge is 2.36. The number of ether oxygens (including phenoxy) is 1. The standard InChI is InChI=1S/C32H33FN6O4/c1-18-21(20-13-26(33)24(28(14-20)43-4)15-34-17-29-35-11-12-36-29)7-5-8-22(18)23-9-6-10-27(19(23)2)38-30(40)25-16-37-32(42)39(3)31(25)41/h5-14,25,34H,15-17H2,1-4H3,(H,35,36)(H,37,42)(H,38,40). The van der Waals surface area contributed by atoms with Crippen LogP contribution in [0.5, 0.6) is 5.75 Å². The lowest BCUT2D eigenvalue weighted by atomic mass is 9.90. The van der Waals surface area contributed by atoms with E-state index in [0.717, 1.165) is 38.5 Å². The number of H-pyrrole nitrogens is 1. The number of benzene rings is 3. The number of imidazole rings is 1. The Hall–Kier alpha value is -5.03. The topological polar surface area (TPSA) is 128 Å². The number of nitrogens with one attached hydrogen (secondary N) is 4. The second-order valence-corrected chi connectivity index (χ2v) is 10.4. The molecule has 2 heterocycles. The van der Waals surface area contributed by atoms with E-state index in [-0.39, 0.29) is 18.9 Å². The fraction of sp³-hybridized carbons (Fsp3) is 0.250. The number of aromatic nitrogens is 2. The number of rotatable bonds is 9. The SMILES string of the molecule is COc1cc(-c2cccc(-c3cccc(NC(=O)C4CNC(=O)N(C)C4=O)c3C)c2C)cc(F)c1CNCc1ncc[nH]1. The summed E-state index contributed by atoms with van der Waals surface area (Å²) in [6.07, 6.45) is 3.40. The molecule has 222 valence electrons. The normalized spacial score (nSPS) is 14.9. The van der Waals surface area contributed by atoms with Gasteiger partial charge in [-0.2, -0.15) is 0 Å². The number of carbonyl (C=O) groups excluding carboxylic acids is 3. The van der Waals surface area contributed by atoms with Gasteiger partial charge in [0, 0.05) is 43.8 Å². The van der Waals surface area contributed by atoms with Crippen LogP contribution in [-0.4, -0.2) is 53.4 Å². The van der Waals surface area contributed by atoms with Crippen LogP contribution >= 0.6 is 0 Å². The van der Waals surface area contributed by atoms with Crippen LogP contribution < -0.4 is 20.7 Å². The summed E-state index contributed by atoms with van der Waals surface area (Å²) in [5.74, 6) is -1.27. The predicted octanol–water partition coefficient (Wildman–Crippen LogP) is 4.53. The molecule has 3 aromatic carbocycles. The van der Waals surface area contributed by atoms with Crippen molar-refractivity contribution in [3.05, 3.63) is 89.3 Å². The van der Waals surface area contributed by atoms with Crippen LogP contribution in [0.3, 0.4) is 0 Å². The number of imide groups is 1. The van der Waals surface area contributed by atoms with Gasteiger partial charge in [-0.3, -0.25) is 14.5 Å². The summed E-state index contributed by atoms with van der Waals surface area (Å²) in [7, 11) is 2.86. The van der Waals surface area contributed by atoms with Gasteiger partial charge in [-0.25, -0.2) is 14.2 Å². The van der Waals surface area contributed by atoms with E-state index in [4.69, 9.17) is 4.74 Å². The van der Waals surface area contributed by atoms with Crippen LogP contribution in [0.25, 0.3) is 22.3 Å². The molecule has 43 heavy (non-hydrogen) atoms. The van der Waals surface area contributed by atoms with Crippen molar-refractivity contribution in [2.75, 3.05) is 26.0 Å². The molecule has 10 nitrogen and oxygen atoms in total. The Morgan fingerprint density at radius 1 is 1.07 bits per heavy atom. The molecule has 4 aromatic rings. The minimum absolute atomic E-state index is 0.0629. The zero-order chi connectivity index (χ0) is 30.7. The van der Waals surface area contributed by atoms with Gasteiger partial charge in [0.25, 0.3) is 0 Å². The van der Waals surface area contributed by atoms with Gasteiger partial charge in [0.15, 0.2) is 0 Å². The van der Waals surface area contributed by atoms with Gasteiger partial charge >= 0.3 is 6.03 Å². The van der Waals surface area contributed by atoms with Crippen LogP contribution in [0, 0.1) is 25.6 Å². The van der Waals surface area contributed by atoms with Crippen molar-refractivity contribution in [3.8, 4) is 28.0 Å². The van der Waals surface area contributed by atoms with Gasteiger partial charge < -0.3 is 25.7 Å². The Morgan fingerprint density at radius 2 is 1.79 bits per heavy atom. The molecule has 1 aliphatic rings. The van der Waals surface area contributed by atoms with Crippen LogP contribution in [0.15, 0.2) is 60.9 Å². The Morgan fingerprint density at radius 3 is 2.51 bits per heavy atom. The highest BCUT2D eigenvalue weighted by atomic mass is 19.1. The first-order valence-corrected chi connectivity index (χ1v) is 13.8. The van der Waals surface area contributed by atoms with Crippen molar-refractivity contribution in [1.82, 2.24) is 25.5 Å². The largest absolute Gasteiger partial charge is 0.496 e. The summed E-state index contributed by atoms with van der Waals surface area (Å²) in [6, 6.07) is 14.2. The molecule has 4 amide bonds. The molecule has 0 saturated carbocycles. The van der Waals surface area contributed by atoms with Gasteiger partial charge in [-0.05, 0) is 65.4 Å². The van der Waals surface area contributed by atoms with E-state index in [9.17, 15) is 14.4 Å². The number of amides is 4. The highest BCUT2D eigenvalue weighted by molar-refractivity contribution is 6.12. The van der Waals surface area contributed by atoms with Gasteiger partial charge in [0.1, 0.15) is 23.3 Å². The molecule has 5 rings (SSSR count). The fourth-order valence-corrected chi connectivity index (χ4v) is 5.28. The summed E-state index contributed by atoms with van der Waals surface area (Å²) in [4.78, 5) is 45.3. The molecule has 1 aliphatic heterocycles. The van der Waals surface area contributed by atoms with Crippen molar-refractivity contribution >= 4 is 23.5 Å². The van der Waals surface area contributed by atoms with Crippen molar-refractivity contribution < 1.29 is 23.5 Å². The average Bonchev–Trinajstić information content (AvgIpc) is 3.51. The molecule has 11 heteroatoms. The molecule has 4 N–H and O–H groups in total. The number of carbonyl (C=O) groups is 3. The number of aromatic amines is 1. The Kier molecular flexibility index (Phi) is 8.53. The molecule has 1 atom stereocenters. The molecule has 0 radical (unpaired) electrons. The molecule has 0 aliphatic carbocycles. The molecule has 1 fully saturated rings. The molecule has 0 bridgehead atoms. The van der Waals surface area contributed by atoms with Crippen molar-refractivity contribution in [2.45, 2.75) is 26.9 Å². The van der Waals surface area contributed by atoms with Crippen LogP contribution in [0.4, 0.5) is 14.9 Å². The lowest BCUT2D eigenvalue weighted by Gasteiger charge is -2.28. The number of halogens is 1. The van der Waals surface area contributed by atoms with Crippen molar-refractivity contribution in [3.63, 3.8) is 0 Å². The molecule has 1 unspecified atom stereocenters. The van der Waals surface area contributed by atoms with Crippen molar-refractivity contribution in [1.29, 1.82) is 0 Å². The maximum absolute atomic E-state index is 15.4. The zero-order valence-corrected chi connectivity index (χ0v) is 24.4. The van der Waals surface area contributed by atoms with E-state index in [0.29, 0.717) is 29.1 Å². The number of hydrogen-bond donors (Lipinski definition) is 4. The highest BCUT2D eigenvalue weighted by Crippen LogP contribution is 2.37. The van der Waals surface area contributed by atoms with E-state index >= 15 is 4.39 Å².